The Morgan fingerprint density at radius 2 is 2.10 bits per heavy atom. The summed E-state index contributed by atoms with van der Waals surface area (Å²) in [6.45, 7) is 2.00. The SMILES string of the molecule is COc1ccc(-c2nccn3cc(C(=O)NCCCN4CCCC4=O)nc23)cc1. The van der Waals surface area contributed by atoms with Crippen LogP contribution in [0.25, 0.3) is 16.9 Å². The van der Waals surface area contributed by atoms with E-state index in [-0.39, 0.29) is 11.8 Å². The summed E-state index contributed by atoms with van der Waals surface area (Å²) in [5.41, 5.74) is 2.54. The van der Waals surface area contributed by atoms with Gasteiger partial charge in [0.1, 0.15) is 17.1 Å². The quantitative estimate of drug-likeness (QED) is 0.622. The number of benzene rings is 1. The highest BCUT2D eigenvalue weighted by atomic mass is 16.5. The number of hydrogen-bond acceptors (Lipinski definition) is 5. The van der Waals surface area contributed by atoms with Crippen LogP contribution in [-0.4, -0.2) is 57.8 Å². The fourth-order valence-corrected chi connectivity index (χ4v) is 3.48. The molecule has 3 aromatic rings. The molecule has 1 aliphatic heterocycles. The lowest BCUT2D eigenvalue weighted by atomic mass is 10.1. The molecule has 29 heavy (non-hydrogen) atoms. The van der Waals surface area contributed by atoms with Crippen molar-refractivity contribution in [2.75, 3.05) is 26.7 Å². The first kappa shape index (κ1) is 18.9. The summed E-state index contributed by atoms with van der Waals surface area (Å²) in [5.74, 6) is 0.733. The van der Waals surface area contributed by atoms with Gasteiger partial charge in [0, 0.05) is 50.2 Å². The van der Waals surface area contributed by atoms with Crippen molar-refractivity contribution in [2.24, 2.45) is 0 Å². The Bertz CT molecular complexity index is 1030. The number of imidazole rings is 1. The molecule has 2 aromatic heterocycles. The van der Waals surface area contributed by atoms with Crippen molar-refractivity contribution in [3.63, 3.8) is 0 Å². The highest BCUT2D eigenvalue weighted by molar-refractivity contribution is 5.93. The third kappa shape index (κ3) is 4.06. The topological polar surface area (TPSA) is 88.8 Å². The van der Waals surface area contributed by atoms with Crippen LogP contribution in [0.4, 0.5) is 0 Å². The molecule has 1 N–H and O–H groups in total. The Morgan fingerprint density at radius 3 is 2.83 bits per heavy atom. The number of aromatic nitrogens is 3. The van der Waals surface area contributed by atoms with Crippen LogP contribution in [0.15, 0.2) is 42.9 Å². The number of hydrogen-bond donors (Lipinski definition) is 1. The Labute approximate surface area is 168 Å². The summed E-state index contributed by atoms with van der Waals surface area (Å²) >= 11 is 0. The van der Waals surface area contributed by atoms with Gasteiger partial charge in [0.15, 0.2) is 5.65 Å². The molecule has 1 fully saturated rings. The maximum Gasteiger partial charge on any atom is 0.271 e. The van der Waals surface area contributed by atoms with Gasteiger partial charge < -0.3 is 19.4 Å². The minimum Gasteiger partial charge on any atom is -0.497 e. The normalized spacial score (nSPS) is 13.8. The van der Waals surface area contributed by atoms with Crippen LogP contribution in [0, 0.1) is 0 Å². The number of likely N-dealkylation sites (tertiary alicyclic amines) is 1. The van der Waals surface area contributed by atoms with Crippen LogP contribution in [0.3, 0.4) is 0 Å². The smallest absolute Gasteiger partial charge is 0.271 e. The van der Waals surface area contributed by atoms with Gasteiger partial charge in [-0.15, -0.1) is 0 Å². The van der Waals surface area contributed by atoms with E-state index in [9.17, 15) is 9.59 Å². The molecule has 1 aromatic carbocycles. The lowest BCUT2D eigenvalue weighted by molar-refractivity contribution is -0.127. The van der Waals surface area contributed by atoms with Crippen molar-refractivity contribution in [1.82, 2.24) is 24.6 Å². The van der Waals surface area contributed by atoms with Gasteiger partial charge in [-0.1, -0.05) is 0 Å². The minimum atomic E-state index is -0.234. The number of rotatable bonds is 7. The van der Waals surface area contributed by atoms with E-state index in [1.54, 1.807) is 30.1 Å². The fourth-order valence-electron chi connectivity index (χ4n) is 3.48. The molecule has 150 valence electrons. The summed E-state index contributed by atoms with van der Waals surface area (Å²) in [6, 6.07) is 7.55. The van der Waals surface area contributed by atoms with Crippen LogP contribution in [0.1, 0.15) is 29.8 Å². The van der Waals surface area contributed by atoms with Crippen LogP contribution in [-0.2, 0) is 4.79 Å². The van der Waals surface area contributed by atoms with Gasteiger partial charge in [-0.25, -0.2) is 4.98 Å². The van der Waals surface area contributed by atoms with Crippen molar-refractivity contribution in [3.05, 3.63) is 48.5 Å². The van der Waals surface area contributed by atoms with Crippen molar-refractivity contribution < 1.29 is 14.3 Å². The van der Waals surface area contributed by atoms with E-state index < -0.39 is 0 Å². The molecule has 1 aliphatic rings. The van der Waals surface area contributed by atoms with Gasteiger partial charge in [0.05, 0.1) is 7.11 Å². The van der Waals surface area contributed by atoms with E-state index in [4.69, 9.17) is 4.74 Å². The molecule has 0 saturated carbocycles. The zero-order chi connectivity index (χ0) is 20.2. The van der Waals surface area contributed by atoms with Gasteiger partial charge >= 0.3 is 0 Å². The van der Waals surface area contributed by atoms with Gasteiger partial charge in [0.2, 0.25) is 5.91 Å². The van der Waals surface area contributed by atoms with Gasteiger partial charge in [-0.05, 0) is 37.1 Å². The average molecular weight is 393 g/mol. The van der Waals surface area contributed by atoms with Crippen LogP contribution in [0.2, 0.25) is 0 Å². The second kappa shape index (κ2) is 8.30. The number of nitrogens with one attached hydrogen (secondary N) is 1. The highest BCUT2D eigenvalue weighted by Gasteiger charge is 2.19. The molecule has 1 saturated heterocycles. The van der Waals surface area contributed by atoms with Crippen molar-refractivity contribution in [1.29, 1.82) is 0 Å². The molecule has 4 rings (SSSR count). The third-order valence-corrected chi connectivity index (χ3v) is 5.03. The summed E-state index contributed by atoms with van der Waals surface area (Å²) < 4.78 is 6.99. The molecular weight excluding hydrogens is 370 g/mol. The van der Waals surface area contributed by atoms with E-state index in [1.165, 1.54) is 0 Å². The molecule has 8 nitrogen and oxygen atoms in total. The zero-order valence-corrected chi connectivity index (χ0v) is 16.3. The van der Waals surface area contributed by atoms with Crippen LogP contribution in [0.5, 0.6) is 5.75 Å². The van der Waals surface area contributed by atoms with E-state index >= 15 is 0 Å². The van der Waals surface area contributed by atoms with Gasteiger partial charge in [0.25, 0.3) is 5.91 Å². The second-order valence-electron chi connectivity index (χ2n) is 6.96. The summed E-state index contributed by atoms with van der Waals surface area (Å²) in [5, 5.41) is 2.88. The predicted octanol–water partition coefficient (Wildman–Crippen LogP) is 2.15. The van der Waals surface area contributed by atoms with E-state index in [2.05, 4.69) is 15.3 Å². The molecule has 0 aliphatic carbocycles. The first-order valence-electron chi connectivity index (χ1n) is 9.70. The van der Waals surface area contributed by atoms with Crippen molar-refractivity contribution in [2.45, 2.75) is 19.3 Å². The largest absolute Gasteiger partial charge is 0.497 e. The maximum absolute atomic E-state index is 12.5. The predicted molar refractivity (Wildman–Crippen MR) is 108 cm³/mol. The average Bonchev–Trinajstić information content (AvgIpc) is 3.37. The zero-order valence-electron chi connectivity index (χ0n) is 16.3. The number of nitrogens with zero attached hydrogens (tertiary/aromatic N) is 4. The Balaban J connectivity index is 1.44. The Morgan fingerprint density at radius 1 is 1.28 bits per heavy atom. The number of amides is 2. The van der Waals surface area contributed by atoms with Gasteiger partial charge in [-0.2, -0.15) is 0 Å². The number of fused-ring (bicyclic) bond motifs is 1. The minimum absolute atomic E-state index is 0.204. The van der Waals surface area contributed by atoms with E-state index in [1.807, 2.05) is 29.2 Å². The lowest BCUT2D eigenvalue weighted by Gasteiger charge is -2.14. The standard InChI is InChI=1S/C21H23N5O3/c1-29-16-7-5-15(6-8-16)19-20-24-17(14-26(20)13-10-22-19)21(28)23-9-3-12-25-11-2-4-18(25)27/h5-8,10,13-14H,2-4,9,11-12H2,1H3,(H,23,28). The molecular formula is C21H23N5O3. The number of methoxy groups -OCH3 is 1. The second-order valence-corrected chi connectivity index (χ2v) is 6.96. The Hall–Kier alpha value is -3.42. The fraction of sp³-hybridized carbons (Fsp3) is 0.333. The van der Waals surface area contributed by atoms with Crippen molar-refractivity contribution in [3.8, 4) is 17.0 Å². The third-order valence-electron chi connectivity index (χ3n) is 5.03. The number of carbonyl (C=O) groups excluding carboxylic acids is 2. The molecule has 8 heteroatoms. The molecule has 3 heterocycles. The monoisotopic (exact) mass is 393 g/mol. The molecule has 0 spiro atoms. The number of carbonyl (C=O) groups is 2. The number of ether oxygens (including phenoxy) is 1. The van der Waals surface area contributed by atoms with E-state index in [0.717, 1.165) is 30.7 Å². The first-order chi connectivity index (χ1) is 14.2. The van der Waals surface area contributed by atoms with Crippen LogP contribution < -0.4 is 10.1 Å². The van der Waals surface area contributed by atoms with Gasteiger partial charge in [-0.3, -0.25) is 14.6 Å². The lowest BCUT2D eigenvalue weighted by Crippen LogP contribution is -2.30. The van der Waals surface area contributed by atoms with E-state index in [0.29, 0.717) is 36.5 Å². The molecule has 0 atom stereocenters. The summed E-state index contributed by atoms with van der Waals surface area (Å²) in [4.78, 5) is 34.9. The molecule has 0 unspecified atom stereocenters. The highest BCUT2D eigenvalue weighted by Crippen LogP contribution is 2.24. The van der Waals surface area contributed by atoms with Crippen molar-refractivity contribution >= 4 is 17.5 Å². The Kier molecular flexibility index (Phi) is 5.41. The molecule has 0 bridgehead atoms. The summed E-state index contributed by atoms with van der Waals surface area (Å²) in [6.07, 6.45) is 7.44. The molecule has 0 radical (unpaired) electrons. The summed E-state index contributed by atoms with van der Waals surface area (Å²) in [7, 11) is 1.62. The maximum atomic E-state index is 12.5. The van der Waals surface area contributed by atoms with Crippen LogP contribution >= 0.6 is 0 Å². The molecule has 2 amide bonds. The first-order valence-corrected chi connectivity index (χ1v) is 9.70.